The van der Waals surface area contributed by atoms with Gasteiger partial charge in [-0.1, -0.05) is 6.92 Å². The summed E-state index contributed by atoms with van der Waals surface area (Å²) in [4.78, 5) is 2.24. The molecule has 70 valence electrons. The van der Waals surface area contributed by atoms with Crippen molar-refractivity contribution < 1.29 is 0 Å². The van der Waals surface area contributed by atoms with Gasteiger partial charge in [-0.3, -0.25) is 0 Å². The molecule has 1 rings (SSSR count). The van der Waals surface area contributed by atoms with Crippen molar-refractivity contribution in [3.05, 3.63) is 0 Å². The van der Waals surface area contributed by atoms with Crippen molar-refractivity contribution in [1.29, 1.82) is 0 Å². The molecule has 0 aliphatic carbocycles. The Morgan fingerprint density at radius 3 is 2.58 bits per heavy atom. The monoisotopic (exact) mass is 186 g/mol. The minimum absolute atomic E-state index is 0.457. The van der Waals surface area contributed by atoms with Crippen LogP contribution in [0.2, 0.25) is 0 Å². The maximum Gasteiger partial charge on any atom is 0.169 e. The van der Waals surface area contributed by atoms with E-state index in [-0.39, 0.29) is 0 Å². The summed E-state index contributed by atoms with van der Waals surface area (Å²) >= 11 is 5.22. The molecular formula is C9H18N2S. The van der Waals surface area contributed by atoms with E-state index in [0.29, 0.717) is 6.04 Å². The third kappa shape index (κ3) is 2.34. The van der Waals surface area contributed by atoms with Gasteiger partial charge in [-0.05, 0) is 38.4 Å². The Bertz CT molecular complexity index is 162. The molecule has 0 aromatic heterocycles. The van der Waals surface area contributed by atoms with Gasteiger partial charge in [0.2, 0.25) is 0 Å². The lowest BCUT2D eigenvalue weighted by molar-refractivity contribution is 0.180. The Kier molecular flexibility index (Phi) is 3.32. The van der Waals surface area contributed by atoms with Crippen molar-refractivity contribution >= 4 is 17.3 Å². The normalized spacial score (nSPS) is 17.8. The van der Waals surface area contributed by atoms with Crippen LogP contribution in [0, 0.1) is 5.92 Å². The molecule has 1 aliphatic heterocycles. The Labute approximate surface area is 80.3 Å². The van der Waals surface area contributed by atoms with Crippen molar-refractivity contribution in [2.24, 2.45) is 5.92 Å². The maximum absolute atomic E-state index is 5.22. The summed E-state index contributed by atoms with van der Waals surface area (Å²) in [5, 5.41) is 4.17. The van der Waals surface area contributed by atoms with Crippen LogP contribution in [0.4, 0.5) is 0 Å². The quantitative estimate of drug-likeness (QED) is 0.660. The summed E-state index contributed by atoms with van der Waals surface area (Å²) in [6.45, 7) is 8.76. The van der Waals surface area contributed by atoms with Crippen LogP contribution in [0.1, 0.15) is 27.2 Å². The zero-order valence-electron chi connectivity index (χ0n) is 8.13. The van der Waals surface area contributed by atoms with Crippen LogP contribution in [0.5, 0.6) is 0 Å². The zero-order chi connectivity index (χ0) is 9.14. The minimum Gasteiger partial charge on any atom is -0.360 e. The van der Waals surface area contributed by atoms with E-state index in [1.807, 2.05) is 0 Å². The Morgan fingerprint density at radius 1 is 1.58 bits per heavy atom. The topological polar surface area (TPSA) is 15.3 Å². The Balaban J connectivity index is 2.19. The Hall–Kier alpha value is -0.310. The molecule has 0 radical (unpaired) electrons. The molecule has 1 fully saturated rings. The van der Waals surface area contributed by atoms with Crippen LogP contribution >= 0.6 is 12.2 Å². The highest BCUT2D eigenvalue weighted by Gasteiger charge is 2.26. The molecule has 0 amide bonds. The van der Waals surface area contributed by atoms with Crippen molar-refractivity contribution in [3.63, 3.8) is 0 Å². The van der Waals surface area contributed by atoms with E-state index in [1.165, 1.54) is 6.42 Å². The SMILES string of the molecule is CCC1CN(C(=S)NC(C)C)C1. The second-order valence-electron chi connectivity index (χ2n) is 3.78. The molecule has 1 N–H and O–H groups in total. The largest absolute Gasteiger partial charge is 0.360 e. The first kappa shape index (κ1) is 9.78. The molecule has 0 unspecified atom stereocenters. The van der Waals surface area contributed by atoms with E-state index in [9.17, 15) is 0 Å². The third-order valence-corrected chi connectivity index (χ3v) is 2.61. The minimum atomic E-state index is 0.457. The number of nitrogens with one attached hydrogen (secondary N) is 1. The highest BCUT2D eigenvalue weighted by atomic mass is 32.1. The highest BCUT2D eigenvalue weighted by Crippen LogP contribution is 2.18. The molecular weight excluding hydrogens is 168 g/mol. The summed E-state index contributed by atoms with van der Waals surface area (Å²) in [5.74, 6) is 0.872. The fraction of sp³-hybridized carbons (Fsp3) is 0.889. The first-order valence-electron chi connectivity index (χ1n) is 4.69. The van der Waals surface area contributed by atoms with Crippen molar-refractivity contribution in [1.82, 2.24) is 10.2 Å². The molecule has 0 atom stereocenters. The lowest BCUT2D eigenvalue weighted by Crippen LogP contribution is -2.54. The standard InChI is InChI=1S/C9H18N2S/c1-4-8-5-11(6-8)9(12)10-7(2)3/h7-8H,4-6H2,1-3H3,(H,10,12). The fourth-order valence-corrected chi connectivity index (χ4v) is 1.72. The van der Waals surface area contributed by atoms with Crippen LogP contribution in [-0.2, 0) is 0 Å². The van der Waals surface area contributed by atoms with E-state index < -0.39 is 0 Å². The molecule has 0 aromatic rings. The number of hydrogen-bond donors (Lipinski definition) is 1. The van der Waals surface area contributed by atoms with E-state index in [0.717, 1.165) is 24.1 Å². The van der Waals surface area contributed by atoms with Gasteiger partial charge < -0.3 is 10.2 Å². The van der Waals surface area contributed by atoms with Gasteiger partial charge in [0, 0.05) is 19.1 Å². The molecule has 1 aliphatic rings. The predicted molar refractivity (Wildman–Crippen MR) is 56.2 cm³/mol. The van der Waals surface area contributed by atoms with Crippen LogP contribution in [0.3, 0.4) is 0 Å². The van der Waals surface area contributed by atoms with Gasteiger partial charge >= 0.3 is 0 Å². The van der Waals surface area contributed by atoms with Gasteiger partial charge in [-0.2, -0.15) is 0 Å². The second-order valence-corrected chi connectivity index (χ2v) is 4.17. The molecule has 12 heavy (non-hydrogen) atoms. The number of rotatable bonds is 2. The van der Waals surface area contributed by atoms with Gasteiger partial charge in [0.05, 0.1) is 0 Å². The van der Waals surface area contributed by atoms with E-state index in [2.05, 4.69) is 31.0 Å². The van der Waals surface area contributed by atoms with Crippen LogP contribution in [0.25, 0.3) is 0 Å². The first-order valence-corrected chi connectivity index (χ1v) is 5.09. The summed E-state index contributed by atoms with van der Waals surface area (Å²) in [6, 6.07) is 0.457. The zero-order valence-corrected chi connectivity index (χ0v) is 8.95. The predicted octanol–water partition coefficient (Wildman–Crippen LogP) is 1.61. The first-order chi connectivity index (χ1) is 5.63. The molecule has 2 nitrogen and oxygen atoms in total. The summed E-state index contributed by atoms with van der Waals surface area (Å²) in [6.07, 6.45) is 1.28. The number of hydrogen-bond acceptors (Lipinski definition) is 1. The molecule has 0 aromatic carbocycles. The van der Waals surface area contributed by atoms with E-state index in [1.54, 1.807) is 0 Å². The highest BCUT2D eigenvalue weighted by molar-refractivity contribution is 7.80. The van der Waals surface area contributed by atoms with Crippen molar-refractivity contribution in [2.45, 2.75) is 33.2 Å². The lowest BCUT2D eigenvalue weighted by Gasteiger charge is -2.41. The summed E-state index contributed by atoms with van der Waals surface area (Å²) < 4.78 is 0. The third-order valence-electron chi connectivity index (χ3n) is 2.23. The maximum atomic E-state index is 5.22. The van der Waals surface area contributed by atoms with Gasteiger partial charge in [-0.25, -0.2) is 0 Å². The molecule has 0 bridgehead atoms. The molecule has 0 saturated carbocycles. The van der Waals surface area contributed by atoms with Gasteiger partial charge in [0.15, 0.2) is 5.11 Å². The van der Waals surface area contributed by atoms with Crippen LogP contribution in [0.15, 0.2) is 0 Å². The average Bonchev–Trinajstić information content (AvgIpc) is 1.82. The van der Waals surface area contributed by atoms with Gasteiger partial charge in [0.25, 0.3) is 0 Å². The summed E-state index contributed by atoms with van der Waals surface area (Å²) in [7, 11) is 0. The summed E-state index contributed by atoms with van der Waals surface area (Å²) in [5.41, 5.74) is 0. The van der Waals surface area contributed by atoms with Crippen LogP contribution < -0.4 is 5.32 Å². The van der Waals surface area contributed by atoms with Crippen LogP contribution in [-0.4, -0.2) is 29.1 Å². The Morgan fingerprint density at radius 2 is 2.17 bits per heavy atom. The average molecular weight is 186 g/mol. The lowest BCUT2D eigenvalue weighted by atomic mass is 9.98. The number of nitrogens with zero attached hydrogens (tertiary/aromatic N) is 1. The molecule has 3 heteroatoms. The number of likely N-dealkylation sites (tertiary alicyclic amines) is 1. The van der Waals surface area contributed by atoms with E-state index in [4.69, 9.17) is 12.2 Å². The number of thiocarbonyl (C=S) groups is 1. The molecule has 0 spiro atoms. The molecule has 1 saturated heterocycles. The van der Waals surface area contributed by atoms with Gasteiger partial charge in [-0.15, -0.1) is 0 Å². The smallest absolute Gasteiger partial charge is 0.169 e. The van der Waals surface area contributed by atoms with Gasteiger partial charge in [0.1, 0.15) is 0 Å². The van der Waals surface area contributed by atoms with E-state index >= 15 is 0 Å². The fourth-order valence-electron chi connectivity index (χ4n) is 1.33. The second kappa shape index (κ2) is 4.08. The van der Waals surface area contributed by atoms with Crippen molar-refractivity contribution in [2.75, 3.05) is 13.1 Å². The van der Waals surface area contributed by atoms with Crippen molar-refractivity contribution in [3.8, 4) is 0 Å². The molecule has 1 heterocycles.